The summed E-state index contributed by atoms with van der Waals surface area (Å²) in [6.07, 6.45) is 5.85. The van der Waals surface area contributed by atoms with E-state index in [1.807, 2.05) is 67.7 Å². The van der Waals surface area contributed by atoms with Gasteiger partial charge in [0.15, 0.2) is 0 Å². The number of nitrogens with one attached hydrogen (secondary N) is 1. The Morgan fingerprint density at radius 3 is 2.71 bits per heavy atom. The van der Waals surface area contributed by atoms with Gasteiger partial charge in [-0.2, -0.15) is 10.4 Å². The van der Waals surface area contributed by atoms with E-state index in [4.69, 9.17) is 14.3 Å². The zero-order valence-electron chi connectivity index (χ0n) is 19.7. The molecule has 7 nitrogen and oxygen atoms in total. The molecule has 2 heterocycles. The number of aromatic nitrogens is 2. The topological polar surface area (TPSA) is 93.1 Å². The number of para-hydroxylation sites is 1. The van der Waals surface area contributed by atoms with Crippen LogP contribution in [0.3, 0.4) is 0 Å². The van der Waals surface area contributed by atoms with Crippen molar-refractivity contribution in [2.45, 2.75) is 26.8 Å². The number of amides is 1. The van der Waals surface area contributed by atoms with Crippen LogP contribution in [0.4, 0.5) is 0 Å². The summed E-state index contributed by atoms with van der Waals surface area (Å²) in [7, 11) is 0. The van der Waals surface area contributed by atoms with Crippen molar-refractivity contribution in [3.8, 4) is 28.8 Å². The third-order valence-corrected chi connectivity index (χ3v) is 5.36. The average molecular weight is 467 g/mol. The molecular formula is C28H26N4O3. The molecule has 0 fully saturated rings. The molecular weight excluding hydrogens is 440 g/mol. The molecule has 2 aromatic heterocycles. The smallest absolute Gasteiger partial charge is 0.262 e. The molecule has 35 heavy (non-hydrogen) atoms. The average Bonchev–Trinajstić information content (AvgIpc) is 3.55. The predicted molar refractivity (Wildman–Crippen MR) is 134 cm³/mol. The first-order chi connectivity index (χ1) is 17.1. The van der Waals surface area contributed by atoms with E-state index in [0.717, 1.165) is 29.0 Å². The fourth-order valence-corrected chi connectivity index (χ4v) is 3.61. The normalized spacial score (nSPS) is 11.2. The van der Waals surface area contributed by atoms with Crippen molar-refractivity contribution in [2.24, 2.45) is 0 Å². The number of ether oxygens (including phenoxy) is 1. The molecule has 4 aromatic rings. The lowest BCUT2D eigenvalue weighted by Crippen LogP contribution is -2.23. The lowest BCUT2D eigenvalue weighted by molar-refractivity contribution is -0.117. The molecule has 176 valence electrons. The Hall–Kier alpha value is -4.57. The van der Waals surface area contributed by atoms with Crippen LogP contribution in [0.15, 0.2) is 83.1 Å². The summed E-state index contributed by atoms with van der Waals surface area (Å²) in [4.78, 5) is 12.7. The number of rotatable bonds is 9. The Morgan fingerprint density at radius 1 is 1.20 bits per heavy atom. The summed E-state index contributed by atoms with van der Waals surface area (Å²) in [6.45, 7) is 4.89. The lowest BCUT2D eigenvalue weighted by Gasteiger charge is -2.09. The maximum atomic E-state index is 12.7. The van der Waals surface area contributed by atoms with Crippen LogP contribution in [0.2, 0.25) is 0 Å². The second-order valence-corrected chi connectivity index (χ2v) is 7.97. The highest BCUT2D eigenvalue weighted by molar-refractivity contribution is 6.02. The van der Waals surface area contributed by atoms with Crippen molar-refractivity contribution in [3.63, 3.8) is 0 Å². The Bertz CT molecular complexity index is 1360. The van der Waals surface area contributed by atoms with Gasteiger partial charge in [-0.1, -0.05) is 25.1 Å². The standard InChI is InChI=1S/C28H26N4O3/c1-3-13-34-24-11-12-26(20(2)15-24)27-22(19-32(31-27)23-8-5-4-6-9-23)16-21(17-29)28(33)30-18-25-10-7-14-35-25/h4-12,14-16,19H,3,13,18H2,1-2H3,(H,30,33). The Kier molecular flexibility index (Phi) is 7.44. The Balaban J connectivity index is 1.71. The van der Waals surface area contributed by atoms with Gasteiger partial charge in [-0.05, 0) is 67.4 Å². The van der Waals surface area contributed by atoms with E-state index in [-0.39, 0.29) is 12.1 Å². The van der Waals surface area contributed by atoms with Crippen LogP contribution in [0.5, 0.6) is 5.75 Å². The molecule has 1 N–H and O–H groups in total. The van der Waals surface area contributed by atoms with Gasteiger partial charge in [-0.15, -0.1) is 0 Å². The number of nitriles is 1. The number of benzene rings is 2. The number of carbonyl (C=O) groups excluding carboxylic acids is 1. The van der Waals surface area contributed by atoms with E-state index in [2.05, 4.69) is 12.2 Å². The Labute approximate surface area is 204 Å². The molecule has 7 heteroatoms. The van der Waals surface area contributed by atoms with Crippen molar-refractivity contribution < 1.29 is 13.9 Å². The maximum Gasteiger partial charge on any atom is 0.262 e. The summed E-state index contributed by atoms with van der Waals surface area (Å²) in [5.74, 6) is 0.916. The van der Waals surface area contributed by atoms with Crippen molar-refractivity contribution in [2.75, 3.05) is 6.61 Å². The second kappa shape index (κ2) is 11.0. The van der Waals surface area contributed by atoms with Gasteiger partial charge in [0.25, 0.3) is 5.91 Å². The van der Waals surface area contributed by atoms with E-state index < -0.39 is 5.91 Å². The zero-order valence-corrected chi connectivity index (χ0v) is 19.7. The third kappa shape index (κ3) is 5.68. The van der Waals surface area contributed by atoms with Gasteiger partial charge < -0.3 is 14.5 Å². The van der Waals surface area contributed by atoms with Crippen LogP contribution >= 0.6 is 0 Å². The zero-order chi connectivity index (χ0) is 24.6. The molecule has 0 saturated heterocycles. The molecule has 0 saturated carbocycles. The van der Waals surface area contributed by atoms with Crippen molar-refractivity contribution in [1.29, 1.82) is 5.26 Å². The first-order valence-electron chi connectivity index (χ1n) is 11.4. The van der Waals surface area contributed by atoms with Crippen molar-refractivity contribution in [1.82, 2.24) is 15.1 Å². The van der Waals surface area contributed by atoms with Crippen LogP contribution in [-0.2, 0) is 11.3 Å². The third-order valence-electron chi connectivity index (χ3n) is 5.36. The minimum atomic E-state index is -0.484. The largest absolute Gasteiger partial charge is 0.494 e. The molecule has 0 radical (unpaired) electrons. The number of furan rings is 1. The highest BCUT2D eigenvalue weighted by Crippen LogP contribution is 2.30. The van der Waals surface area contributed by atoms with E-state index in [9.17, 15) is 10.1 Å². The predicted octanol–water partition coefficient (Wildman–Crippen LogP) is 5.45. The molecule has 0 aliphatic heterocycles. The summed E-state index contributed by atoms with van der Waals surface area (Å²) < 4.78 is 12.8. The van der Waals surface area contributed by atoms with Gasteiger partial charge in [0.05, 0.1) is 25.1 Å². The van der Waals surface area contributed by atoms with Gasteiger partial charge in [0.1, 0.15) is 28.8 Å². The van der Waals surface area contributed by atoms with Crippen LogP contribution in [0, 0.1) is 18.3 Å². The second-order valence-electron chi connectivity index (χ2n) is 7.97. The monoisotopic (exact) mass is 466 g/mol. The minimum Gasteiger partial charge on any atom is -0.494 e. The molecule has 0 unspecified atom stereocenters. The summed E-state index contributed by atoms with van der Waals surface area (Å²) in [5, 5.41) is 17.3. The van der Waals surface area contributed by atoms with E-state index in [1.165, 1.54) is 6.26 Å². The Morgan fingerprint density at radius 2 is 2.03 bits per heavy atom. The molecule has 0 bridgehead atoms. The minimum absolute atomic E-state index is 0.0222. The quantitative estimate of drug-likeness (QED) is 0.261. The van der Waals surface area contributed by atoms with E-state index in [0.29, 0.717) is 23.6 Å². The van der Waals surface area contributed by atoms with Crippen LogP contribution in [-0.4, -0.2) is 22.3 Å². The number of aryl methyl sites for hydroxylation is 1. The summed E-state index contributed by atoms with van der Waals surface area (Å²) in [5.41, 5.74) is 4.04. The molecule has 0 spiro atoms. The van der Waals surface area contributed by atoms with Crippen LogP contribution in [0.1, 0.15) is 30.2 Å². The van der Waals surface area contributed by atoms with Gasteiger partial charge in [-0.3, -0.25) is 4.79 Å². The van der Waals surface area contributed by atoms with E-state index in [1.54, 1.807) is 22.9 Å². The number of hydrogen-bond acceptors (Lipinski definition) is 5. The number of nitrogens with zero attached hydrogens (tertiary/aromatic N) is 3. The fourth-order valence-electron chi connectivity index (χ4n) is 3.61. The molecule has 0 atom stereocenters. The van der Waals surface area contributed by atoms with Gasteiger partial charge >= 0.3 is 0 Å². The molecule has 4 rings (SSSR count). The molecule has 0 aliphatic carbocycles. The summed E-state index contributed by atoms with van der Waals surface area (Å²) >= 11 is 0. The number of hydrogen-bond donors (Lipinski definition) is 1. The van der Waals surface area contributed by atoms with Crippen molar-refractivity contribution >= 4 is 12.0 Å². The number of carbonyl (C=O) groups is 1. The van der Waals surface area contributed by atoms with Gasteiger partial charge in [-0.25, -0.2) is 4.68 Å². The molecule has 2 aromatic carbocycles. The van der Waals surface area contributed by atoms with Crippen molar-refractivity contribution in [3.05, 3.63) is 95.6 Å². The highest BCUT2D eigenvalue weighted by atomic mass is 16.5. The van der Waals surface area contributed by atoms with Crippen LogP contribution in [0.25, 0.3) is 23.0 Å². The molecule has 1 amide bonds. The van der Waals surface area contributed by atoms with E-state index >= 15 is 0 Å². The van der Waals surface area contributed by atoms with Crippen LogP contribution < -0.4 is 10.1 Å². The SMILES string of the molecule is CCCOc1ccc(-c2nn(-c3ccccc3)cc2C=C(C#N)C(=O)NCc2ccco2)c(C)c1. The molecule has 0 aliphatic rings. The summed E-state index contributed by atoms with van der Waals surface area (Å²) in [6, 6.07) is 21.0. The first-order valence-corrected chi connectivity index (χ1v) is 11.4. The first kappa shape index (κ1) is 23.6. The maximum absolute atomic E-state index is 12.7. The van der Waals surface area contributed by atoms with Gasteiger partial charge in [0, 0.05) is 17.3 Å². The van der Waals surface area contributed by atoms with Gasteiger partial charge in [0.2, 0.25) is 0 Å². The fraction of sp³-hybridized carbons (Fsp3) is 0.179. The highest BCUT2D eigenvalue weighted by Gasteiger charge is 2.17. The lowest BCUT2D eigenvalue weighted by atomic mass is 10.0.